The number of nitrogens with one attached hydrogen (secondary N) is 1. The maximum Gasteiger partial charge on any atom is 0.410 e. The van der Waals surface area contributed by atoms with Crippen molar-refractivity contribution in [2.24, 2.45) is 0 Å². The summed E-state index contributed by atoms with van der Waals surface area (Å²) in [5.74, 6) is 5.31. The number of ether oxygens (including phenoxy) is 1. The molecule has 0 saturated carbocycles. The number of carbonyl (C=O) groups excluding carboxylic acids is 2. The van der Waals surface area contributed by atoms with Crippen LogP contribution in [0, 0.1) is 0 Å². The monoisotopic (exact) mass is 506 g/mol. The molecule has 0 radical (unpaired) electrons. The number of carboxylic acid groups (broad SMARTS) is 1. The van der Waals surface area contributed by atoms with Gasteiger partial charge >= 0.3 is 12.1 Å². The zero-order valence-electron chi connectivity index (χ0n) is 21.0. The standard InChI is InChI=1S/C26H30N6O5/c1-26(2,3)37-25(36)31-15-7-5-8-18(31)22-30-20(21(24(34)35)32(22)27)16-10-12-17(13-11-16)23(33)29-19-9-4-6-14-28-19/h4,6,9-14,18H,5,7-8,15,27H2,1-3H3,(H,34,35)(H,28,29,33). The molecule has 0 spiro atoms. The number of aromatic nitrogens is 3. The summed E-state index contributed by atoms with van der Waals surface area (Å²) in [6.07, 6.45) is 3.26. The Labute approximate surface area is 214 Å². The van der Waals surface area contributed by atoms with Crippen molar-refractivity contribution in [1.82, 2.24) is 19.5 Å². The van der Waals surface area contributed by atoms with Crippen molar-refractivity contribution in [3.05, 3.63) is 65.7 Å². The van der Waals surface area contributed by atoms with Crippen LogP contribution in [0.2, 0.25) is 0 Å². The van der Waals surface area contributed by atoms with Crippen LogP contribution in [0.15, 0.2) is 48.7 Å². The minimum atomic E-state index is -1.26. The highest BCUT2D eigenvalue weighted by molar-refractivity contribution is 6.04. The van der Waals surface area contributed by atoms with Gasteiger partial charge in [0.25, 0.3) is 5.91 Å². The van der Waals surface area contributed by atoms with Gasteiger partial charge in [-0.1, -0.05) is 18.2 Å². The second-order valence-electron chi connectivity index (χ2n) is 9.77. The molecule has 194 valence electrons. The molecule has 1 aliphatic heterocycles. The first-order chi connectivity index (χ1) is 17.5. The van der Waals surface area contributed by atoms with Crippen molar-refractivity contribution >= 4 is 23.8 Å². The van der Waals surface area contributed by atoms with Gasteiger partial charge in [0.15, 0.2) is 11.5 Å². The molecule has 3 heterocycles. The summed E-state index contributed by atoms with van der Waals surface area (Å²) in [7, 11) is 0. The summed E-state index contributed by atoms with van der Waals surface area (Å²) < 4.78 is 6.60. The summed E-state index contributed by atoms with van der Waals surface area (Å²) in [6, 6.07) is 11.0. The quantitative estimate of drug-likeness (QED) is 0.438. The van der Waals surface area contributed by atoms with Crippen LogP contribution in [0.25, 0.3) is 11.3 Å². The number of benzene rings is 1. The Kier molecular flexibility index (Phi) is 7.14. The van der Waals surface area contributed by atoms with Crippen molar-refractivity contribution in [2.45, 2.75) is 51.7 Å². The number of nitrogens with zero attached hydrogens (tertiary/aromatic N) is 4. The van der Waals surface area contributed by atoms with E-state index in [4.69, 9.17) is 10.6 Å². The molecule has 1 fully saturated rings. The first-order valence-corrected chi connectivity index (χ1v) is 12.0. The molecule has 4 rings (SSSR count). The van der Waals surface area contributed by atoms with Gasteiger partial charge in [-0.3, -0.25) is 9.69 Å². The third kappa shape index (κ3) is 5.71. The van der Waals surface area contributed by atoms with Gasteiger partial charge in [0.2, 0.25) is 0 Å². The minimum Gasteiger partial charge on any atom is -0.476 e. The van der Waals surface area contributed by atoms with Crippen LogP contribution in [0.5, 0.6) is 0 Å². The number of pyridine rings is 1. The molecule has 0 aliphatic carbocycles. The molecule has 4 N–H and O–H groups in total. The molecule has 11 nitrogen and oxygen atoms in total. The number of hydrogen-bond acceptors (Lipinski definition) is 7. The second-order valence-corrected chi connectivity index (χ2v) is 9.77. The lowest BCUT2D eigenvalue weighted by Gasteiger charge is -2.36. The molecule has 2 aromatic heterocycles. The largest absolute Gasteiger partial charge is 0.476 e. The molecule has 1 saturated heterocycles. The third-order valence-electron chi connectivity index (χ3n) is 5.90. The molecule has 37 heavy (non-hydrogen) atoms. The Morgan fingerprint density at radius 1 is 1.11 bits per heavy atom. The van der Waals surface area contributed by atoms with E-state index in [-0.39, 0.29) is 23.1 Å². The van der Waals surface area contributed by atoms with E-state index in [0.717, 1.165) is 17.5 Å². The number of nitrogens with two attached hydrogens (primary N) is 1. The van der Waals surface area contributed by atoms with Crippen LogP contribution in [0.4, 0.5) is 10.6 Å². The van der Waals surface area contributed by atoms with Gasteiger partial charge in [-0.15, -0.1) is 0 Å². The van der Waals surface area contributed by atoms with Crippen LogP contribution in [0.1, 0.15) is 72.7 Å². The van der Waals surface area contributed by atoms with E-state index in [1.165, 1.54) is 0 Å². The van der Waals surface area contributed by atoms with Crippen LogP contribution in [-0.2, 0) is 4.74 Å². The number of imidazole rings is 1. The average molecular weight is 507 g/mol. The molecule has 1 unspecified atom stereocenters. The molecule has 3 aromatic rings. The number of piperidine rings is 1. The van der Waals surface area contributed by atoms with Gasteiger partial charge in [0.1, 0.15) is 17.1 Å². The zero-order chi connectivity index (χ0) is 26.7. The van der Waals surface area contributed by atoms with E-state index in [0.29, 0.717) is 29.9 Å². The number of aromatic carboxylic acids is 1. The molecule has 1 atom stereocenters. The summed E-state index contributed by atoms with van der Waals surface area (Å²) in [5.41, 5.74) is 0.0879. The number of amides is 2. The van der Waals surface area contributed by atoms with Crippen LogP contribution in [-0.4, -0.2) is 54.8 Å². The van der Waals surface area contributed by atoms with E-state index in [2.05, 4.69) is 15.3 Å². The molecule has 0 bridgehead atoms. The number of likely N-dealkylation sites (tertiary alicyclic amines) is 1. The van der Waals surface area contributed by atoms with E-state index >= 15 is 0 Å². The van der Waals surface area contributed by atoms with Crippen LogP contribution >= 0.6 is 0 Å². The fraction of sp³-hybridized carbons (Fsp3) is 0.346. The van der Waals surface area contributed by atoms with Gasteiger partial charge in [-0.2, -0.15) is 0 Å². The number of anilines is 1. The second kappa shape index (κ2) is 10.3. The summed E-state index contributed by atoms with van der Waals surface area (Å²) in [6.45, 7) is 5.81. The topological polar surface area (TPSA) is 153 Å². The number of carbonyl (C=O) groups is 3. The van der Waals surface area contributed by atoms with Crippen molar-refractivity contribution in [2.75, 3.05) is 17.7 Å². The Bertz CT molecular complexity index is 1300. The number of carboxylic acids is 1. The molecule has 1 aliphatic rings. The molecular weight excluding hydrogens is 476 g/mol. The fourth-order valence-corrected chi connectivity index (χ4v) is 4.23. The predicted molar refractivity (Wildman–Crippen MR) is 136 cm³/mol. The Morgan fingerprint density at radius 2 is 1.84 bits per heavy atom. The van der Waals surface area contributed by atoms with Crippen molar-refractivity contribution < 1.29 is 24.2 Å². The first kappa shape index (κ1) is 25.7. The van der Waals surface area contributed by atoms with Crippen molar-refractivity contribution in [3.63, 3.8) is 0 Å². The van der Waals surface area contributed by atoms with Crippen molar-refractivity contribution in [3.8, 4) is 11.3 Å². The van der Waals surface area contributed by atoms with Crippen LogP contribution < -0.4 is 11.2 Å². The highest BCUT2D eigenvalue weighted by Crippen LogP contribution is 2.34. The third-order valence-corrected chi connectivity index (χ3v) is 5.90. The van der Waals surface area contributed by atoms with Gasteiger partial charge in [-0.05, 0) is 64.3 Å². The maximum absolute atomic E-state index is 12.9. The lowest BCUT2D eigenvalue weighted by molar-refractivity contribution is 0.00821. The number of nitrogen functional groups attached to an aromatic ring is 1. The minimum absolute atomic E-state index is 0.149. The molecule has 2 amide bonds. The van der Waals surface area contributed by atoms with Crippen molar-refractivity contribution in [1.29, 1.82) is 0 Å². The van der Waals surface area contributed by atoms with Crippen LogP contribution in [0.3, 0.4) is 0 Å². The van der Waals surface area contributed by atoms with E-state index in [1.54, 1.807) is 74.3 Å². The SMILES string of the molecule is CC(C)(C)OC(=O)N1CCCCC1c1nc(-c2ccc(C(=O)Nc3ccccn3)cc2)c(C(=O)O)n1N. The van der Waals surface area contributed by atoms with E-state index in [9.17, 15) is 19.5 Å². The number of rotatable bonds is 5. The molecular formula is C26H30N6O5. The smallest absolute Gasteiger partial charge is 0.410 e. The Hall–Kier alpha value is -4.41. The van der Waals surface area contributed by atoms with E-state index < -0.39 is 23.7 Å². The zero-order valence-corrected chi connectivity index (χ0v) is 21.0. The van der Waals surface area contributed by atoms with Gasteiger partial charge in [-0.25, -0.2) is 24.2 Å². The first-order valence-electron chi connectivity index (χ1n) is 12.0. The highest BCUT2D eigenvalue weighted by Gasteiger charge is 2.36. The molecule has 1 aromatic carbocycles. The summed E-state index contributed by atoms with van der Waals surface area (Å²) in [4.78, 5) is 47.9. The lowest BCUT2D eigenvalue weighted by Crippen LogP contribution is -2.43. The fourth-order valence-electron chi connectivity index (χ4n) is 4.23. The van der Waals surface area contributed by atoms with Gasteiger partial charge in [0.05, 0.1) is 6.04 Å². The van der Waals surface area contributed by atoms with Gasteiger partial charge < -0.3 is 21.0 Å². The van der Waals surface area contributed by atoms with E-state index in [1.807, 2.05) is 0 Å². The Balaban J connectivity index is 1.64. The summed E-state index contributed by atoms with van der Waals surface area (Å²) >= 11 is 0. The summed E-state index contributed by atoms with van der Waals surface area (Å²) in [5, 5.41) is 12.6. The average Bonchev–Trinajstić information content (AvgIpc) is 3.21. The van der Waals surface area contributed by atoms with Gasteiger partial charge in [0, 0.05) is 23.9 Å². The maximum atomic E-state index is 12.9. The highest BCUT2D eigenvalue weighted by atomic mass is 16.6. The number of hydrogen-bond donors (Lipinski definition) is 3. The Morgan fingerprint density at radius 3 is 2.46 bits per heavy atom. The normalized spacial score (nSPS) is 15.8. The lowest BCUT2D eigenvalue weighted by atomic mass is 10.0. The molecule has 11 heteroatoms. The predicted octanol–water partition coefficient (Wildman–Crippen LogP) is 4.07.